The first kappa shape index (κ1) is 20.2. The van der Waals surface area contributed by atoms with Gasteiger partial charge in [-0.05, 0) is 25.0 Å². The molecule has 0 spiro atoms. The van der Waals surface area contributed by atoms with Crippen LogP contribution < -0.4 is 10.6 Å². The van der Waals surface area contributed by atoms with E-state index in [0.29, 0.717) is 5.92 Å². The molecule has 2 rings (SSSR count). The van der Waals surface area contributed by atoms with Crippen LogP contribution >= 0.6 is 24.0 Å². The number of hydrogen-bond donors (Lipinski definition) is 2. The summed E-state index contributed by atoms with van der Waals surface area (Å²) in [6.45, 7) is 4.97. The molecule has 1 aromatic rings. The van der Waals surface area contributed by atoms with Gasteiger partial charge in [-0.3, -0.25) is 4.99 Å². The fourth-order valence-corrected chi connectivity index (χ4v) is 2.33. The van der Waals surface area contributed by atoms with Crippen LogP contribution in [0, 0.1) is 5.92 Å². The largest absolute Gasteiger partial charge is 0.469 e. The molecule has 0 radical (unpaired) electrons. The van der Waals surface area contributed by atoms with Crippen LogP contribution in [0.15, 0.2) is 27.8 Å². The lowest BCUT2D eigenvalue weighted by Crippen LogP contribution is -2.39. The van der Waals surface area contributed by atoms with Gasteiger partial charge in [-0.15, -0.1) is 24.0 Å². The van der Waals surface area contributed by atoms with Gasteiger partial charge in [0, 0.05) is 45.7 Å². The zero-order chi connectivity index (χ0) is 15.5. The highest BCUT2D eigenvalue weighted by atomic mass is 127. The van der Waals surface area contributed by atoms with Crippen molar-refractivity contribution in [1.82, 2.24) is 10.6 Å². The monoisotopic (exact) mass is 437 g/mol. The van der Waals surface area contributed by atoms with Crippen molar-refractivity contribution in [2.75, 3.05) is 46.6 Å². The van der Waals surface area contributed by atoms with E-state index in [2.05, 4.69) is 15.6 Å². The standard InChI is InChI=1S/C16H27N3O3.HI/c1-17-16(19-8-5-15-4-2-10-22-15)18-7-3-9-20-12-14-6-11-21-13-14;/h2,4,10,14H,3,5-9,11-13H2,1H3,(H2,17,18,19);1H. The number of furan rings is 1. The van der Waals surface area contributed by atoms with Gasteiger partial charge in [0.05, 0.1) is 19.5 Å². The molecule has 2 heterocycles. The Morgan fingerprint density at radius 1 is 1.39 bits per heavy atom. The Kier molecular flexibility index (Phi) is 11.1. The van der Waals surface area contributed by atoms with E-state index in [1.807, 2.05) is 12.1 Å². The molecule has 0 saturated carbocycles. The molecule has 0 amide bonds. The van der Waals surface area contributed by atoms with Crippen LogP contribution in [-0.2, 0) is 15.9 Å². The quantitative estimate of drug-likeness (QED) is 0.268. The van der Waals surface area contributed by atoms with E-state index < -0.39 is 0 Å². The van der Waals surface area contributed by atoms with Crippen LogP contribution in [0.25, 0.3) is 0 Å². The number of halogens is 1. The Morgan fingerprint density at radius 2 is 2.26 bits per heavy atom. The summed E-state index contributed by atoms with van der Waals surface area (Å²) in [7, 11) is 1.78. The molecule has 1 saturated heterocycles. The summed E-state index contributed by atoms with van der Waals surface area (Å²) in [6.07, 6.45) is 4.64. The second-order valence-electron chi connectivity index (χ2n) is 5.41. The Labute approximate surface area is 155 Å². The molecule has 1 fully saturated rings. The van der Waals surface area contributed by atoms with Crippen molar-refractivity contribution in [3.63, 3.8) is 0 Å². The third-order valence-corrected chi connectivity index (χ3v) is 3.60. The number of rotatable bonds is 9. The highest BCUT2D eigenvalue weighted by molar-refractivity contribution is 14.0. The van der Waals surface area contributed by atoms with E-state index in [4.69, 9.17) is 13.9 Å². The maximum Gasteiger partial charge on any atom is 0.190 e. The van der Waals surface area contributed by atoms with Crippen molar-refractivity contribution in [2.45, 2.75) is 19.3 Å². The van der Waals surface area contributed by atoms with Gasteiger partial charge in [0.1, 0.15) is 5.76 Å². The summed E-state index contributed by atoms with van der Waals surface area (Å²) in [6, 6.07) is 3.88. The predicted molar refractivity (Wildman–Crippen MR) is 102 cm³/mol. The topological polar surface area (TPSA) is 68.0 Å². The van der Waals surface area contributed by atoms with Crippen LogP contribution in [0.2, 0.25) is 0 Å². The van der Waals surface area contributed by atoms with Gasteiger partial charge in [-0.2, -0.15) is 0 Å². The van der Waals surface area contributed by atoms with Gasteiger partial charge in [-0.1, -0.05) is 0 Å². The third kappa shape index (κ3) is 8.57. The van der Waals surface area contributed by atoms with Crippen molar-refractivity contribution < 1.29 is 13.9 Å². The van der Waals surface area contributed by atoms with E-state index >= 15 is 0 Å². The number of hydrogen-bond acceptors (Lipinski definition) is 4. The zero-order valence-electron chi connectivity index (χ0n) is 13.8. The molecule has 1 aromatic heterocycles. The van der Waals surface area contributed by atoms with Crippen molar-refractivity contribution in [1.29, 1.82) is 0 Å². The average Bonchev–Trinajstić information content (AvgIpc) is 3.22. The molecule has 1 atom stereocenters. The van der Waals surface area contributed by atoms with Gasteiger partial charge < -0.3 is 24.5 Å². The minimum atomic E-state index is 0. The Bertz CT molecular complexity index is 420. The van der Waals surface area contributed by atoms with Gasteiger partial charge in [0.2, 0.25) is 0 Å². The molecular formula is C16H28IN3O3. The molecule has 0 aromatic carbocycles. The minimum absolute atomic E-state index is 0. The minimum Gasteiger partial charge on any atom is -0.469 e. The lowest BCUT2D eigenvalue weighted by Gasteiger charge is -2.12. The predicted octanol–water partition coefficient (Wildman–Crippen LogP) is 2.05. The maximum atomic E-state index is 5.67. The highest BCUT2D eigenvalue weighted by Crippen LogP contribution is 2.12. The summed E-state index contributed by atoms with van der Waals surface area (Å²) < 4.78 is 16.3. The summed E-state index contributed by atoms with van der Waals surface area (Å²) in [5, 5.41) is 6.55. The molecule has 1 aliphatic heterocycles. The van der Waals surface area contributed by atoms with E-state index in [-0.39, 0.29) is 24.0 Å². The fraction of sp³-hybridized carbons (Fsp3) is 0.688. The third-order valence-electron chi connectivity index (χ3n) is 3.60. The molecule has 6 nitrogen and oxygen atoms in total. The van der Waals surface area contributed by atoms with Crippen molar-refractivity contribution in [3.05, 3.63) is 24.2 Å². The van der Waals surface area contributed by atoms with Gasteiger partial charge in [0.15, 0.2) is 5.96 Å². The van der Waals surface area contributed by atoms with Gasteiger partial charge >= 0.3 is 0 Å². The summed E-state index contributed by atoms with van der Waals surface area (Å²) in [5.41, 5.74) is 0. The van der Waals surface area contributed by atoms with E-state index in [0.717, 1.165) is 70.5 Å². The Hall–Kier alpha value is -0.800. The second kappa shape index (κ2) is 12.6. The number of nitrogens with zero attached hydrogens (tertiary/aromatic N) is 1. The second-order valence-corrected chi connectivity index (χ2v) is 5.41. The SMILES string of the molecule is CN=C(NCCCOCC1CCOC1)NCCc1ccco1.I. The highest BCUT2D eigenvalue weighted by Gasteiger charge is 2.15. The molecule has 0 aliphatic carbocycles. The van der Waals surface area contributed by atoms with Gasteiger partial charge in [-0.25, -0.2) is 0 Å². The lowest BCUT2D eigenvalue weighted by atomic mass is 10.1. The molecule has 1 unspecified atom stereocenters. The molecule has 7 heteroatoms. The van der Waals surface area contributed by atoms with Crippen molar-refractivity contribution in [2.24, 2.45) is 10.9 Å². The zero-order valence-corrected chi connectivity index (χ0v) is 16.1. The van der Waals surface area contributed by atoms with E-state index in [1.54, 1.807) is 13.3 Å². The first-order valence-corrected chi connectivity index (χ1v) is 8.01. The summed E-state index contributed by atoms with van der Waals surface area (Å²) >= 11 is 0. The summed E-state index contributed by atoms with van der Waals surface area (Å²) in [5.74, 6) is 2.38. The number of ether oxygens (including phenoxy) is 2. The number of guanidine groups is 1. The van der Waals surface area contributed by atoms with E-state index in [9.17, 15) is 0 Å². The van der Waals surface area contributed by atoms with Crippen LogP contribution in [0.1, 0.15) is 18.6 Å². The summed E-state index contributed by atoms with van der Waals surface area (Å²) in [4.78, 5) is 4.19. The van der Waals surface area contributed by atoms with Crippen LogP contribution in [0.5, 0.6) is 0 Å². The molecule has 2 N–H and O–H groups in total. The van der Waals surface area contributed by atoms with Crippen molar-refractivity contribution in [3.8, 4) is 0 Å². The molecule has 0 bridgehead atoms. The van der Waals surface area contributed by atoms with Crippen LogP contribution in [0.3, 0.4) is 0 Å². The van der Waals surface area contributed by atoms with Crippen LogP contribution in [0.4, 0.5) is 0 Å². The Balaban J connectivity index is 0.00000264. The molecular weight excluding hydrogens is 409 g/mol. The molecule has 1 aliphatic rings. The first-order chi connectivity index (χ1) is 10.9. The Morgan fingerprint density at radius 3 is 2.96 bits per heavy atom. The maximum absolute atomic E-state index is 5.67. The van der Waals surface area contributed by atoms with Crippen LogP contribution in [-0.4, -0.2) is 52.5 Å². The normalized spacial score (nSPS) is 17.8. The lowest BCUT2D eigenvalue weighted by molar-refractivity contribution is 0.0888. The average molecular weight is 437 g/mol. The molecule has 23 heavy (non-hydrogen) atoms. The van der Waals surface area contributed by atoms with Gasteiger partial charge in [0.25, 0.3) is 0 Å². The first-order valence-electron chi connectivity index (χ1n) is 8.01. The number of aliphatic imine (C=N–C) groups is 1. The smallest absolute Gasteiger partial charge is 0.190 e. The molecule has 132 valence electrons. The fourth-order valence-electron chi connectivity index (χ4n) is 2.33. The van der Waals surface area contributed by atoms with Crippen molar-refractivity contribution >= 4 is 29.9 Å². The van der Waals surface area contributed by atoms with E-state index in [1.165, 1.54) is 0 Å². The number of nitrogens with one attached hydrogen (secondary N) is 2.